The van der Waals surface area contributed by atoms with Crippen LogP contribution >= 0.6 is 0 Å². The van der Waals surface area contributed by atoms with Gasteiger partial charge in [-0.1, -0.05) is 36.4 Å². The maximum absolute atomic E-state index is 12.2. The average molecular weight is 357 g/mol. The number of aromatic nitrogens is 1. The first-order valence-electron chi connectivity index (χ1n) is 8.52. The molecule has 5 nitrogen and oxygen atoms in total. The van der Waals surface area contributed by atoms with Gasteiger partial charge in [0.1, 0.15) is 0 Å². The van der Waals surface area contributed by atoms with Crippen molar-refractivity contribution in [1.29, 1.82) is 0 Å². The number of carbonyl (C=O) groups is 2. The van der Waals surface area contributed by atoms with Crippen molar-refractivity contribution in [2.45, 2.75) is 6.54 Å². The van der Waals surface area contributed by atoms with Crippen molar-refractivity contribution in [1.82, 2.24) is 10.3 Å². The van der Waals surface area contributed by atoms with E-state index in [4.69, 9.17) is 0 Å². The highest BCUT2D eigenvalue weighted by Crippen LogP contribution is 2.10. The van der Waals surface area contributed by atoms with E-state index in [9.17, 15) is 9.59 Å². The Labute approximate surface area is 157 Å². The molecule has 0 aliphatic rings. The molecule has 2 N–H and O–H groups in total. The standard InChI is InChI=1S/C22H19N3O2/c26-21(13-10-17-5-4-14-23-15-17)24-16-18-8-11-19(12-9-18)22(27)25-20-6-2-1-3-7-20/h1-15H,16H2,(H,24,26)(H,25,27)/b13-10+. The molecule has 1 heterocycles. The molecule has 3 rings (SSSR count). The van der Waals surface area contributed by atoms with Crippen molar-refractivity contribution in [3.05, 3.63) is 102 Å². The fourth-order valence-corrected chi connectivity index (χ4v) is 2.39. The molecule has 0 unspecified atom stereocenters. The number of carbonyl (C=O) groups excluding carboxylic acids is 2. The van der Waals surface area contributed by atoms with E-state index < -0.39 is 0 Å². The number of nitrogens with zero attached hydrogens (tertiary/aromatic N) is 1. The monoisotopic (exact) mass is 357 g/mol. The molecule has 0 aliphatic heterocycles. The molecule has 0 radical (unpaired) electrons. The van der Waals surface area contributed by atoms with Gasteiger partial charge in [0.05, 0.1) is 0 Å². The van der Waals surface area contributed by atoms with E-state index in [-0.39, 0.29) is 11.8 Å². The second-order valence-electron chi connectivity index (χ2n) is 5.85. The highest BCUT2D eigenvalue weighted by atomic mass is 16.2. The Balaban J connectivity index is 1.51. The Kier molecular flexibility index (Phi) is 6.09. The summed E-state index contributed by atoms with van der Waals surface area (Å²) in [4.78, 5) is 28.1. The Hall–Kier alpha value is -3.73. The predicted molar refractivity (Wildman–Crippen MR) is 106 cm³/mol. The van der Waals surface area contributed by atoms with Crippen LogP contribution in [-0.2, 0) is 11.3 Å². The molecule has 0 saturated carbocycles. The van der Waals surface area contributed by atoms with Gasteiger partial charge in [-0.3, -0.25) is 14.6 Å². The Morgan fingerprint density at radius 1 is 0.926 bits per heavy atom. The predicted octanol–water partition coefficient (Wildman–Crippen LogP) is 3.66. The summed E-state index contributed by atoms with van der Waals surface area (Å²) in [7, 11) is 0. The lowest BCUT2D eigenvalue weighted by Gasteiger charge is -2.07. The smallest absolute Gasteiger partial charge is 0.255 e. The van der Waals surface area contributed by atoms with Gasteiger partial charge in [0.2, 0.25) is 5.91 Å². The number of hydrogen-bond donors (Lipinski definition) is 2. The minimum absolute atomic E-state index is 0.170. The summed E-state index contributed by atoms with van der Waals surface area (Å²) in [5.41, 5.74) is 3.08. The fraction of sp³-hybridized carbons (Fsp3) is 0.0455. The molecule has 2 aromatic carbocycles. The van der Waals surface area contributed by atoms with Crippen LogP contribution < -0.4 is 10.6 Å². The van der Waals surface area contributed by atoms with Crippen LogP contribution in [-0.4, -0.2) is 16.8 Å². The third-order valence-corrected chi connectivity index (χ3v) is 3.83. The van der Waals surface area contributed by atoms with Gasteiger partial charge in [0.15, 0.2) is 0 Å². The molecule has 3 aromatic rings. The van der Waals surface area contributed by atoms with Gasteiger partial charge in [-0.25, -0.2) is 0 Å². The van der Waals surface area contributed by atoms with Crippen molar-refractivity contribution >= 4 is 23.6 Å². The van der Waals surface area contributed by atoms with Crippen molar-refractivity contribution in [3.63, 3.8) is 0 Å². The van der Waals surface area contributed by atoms with Gasteiger partial charge >= 0.3 is 0 Å². The molecule has 0 bridgehead atoms. The van der Waals surface area contributed by atoms with E-state index in [0.717, 1.165) is 16.8 Å². The van der Waals surface area contributed by atoms with E-state index in [0.29, 0.717) is 12.1 Å². The van der Waals surface area contributed by atoms with Gasteiger partial charge < -0.3 is 10.6 Å². The highest BCUT2D eigenvalue weighted by Gasteiger charge is 2.06. The second-order valence-corrected chi connectivity index (χ2v) is 5.85. The van der Waals surface area contributed by atoms with Gasteiger partial charge in [0, 0.05) is 36.3 Å². The lowest BCUT2D eigenvalue weighted by Crippen LogP contribution is -2.20. The zero-order valence-electron chi connectivity index (χ0n) is 14.6. The van der Waals surface area contributed by atoms with Crippen LogP contribution in [0.4, 0.5) is 5.69 Å². The number of nitrogens with one attached hydrogen (secondary N) is 2. The first-order valence-corrected chi connectivity index (χ1v) is 8.52. The molecular formula is C22H19N3O2. The molecule has 27 heavy (non-hydrogen) atoms. The molecule has 2 amide bonds. The van der Waals surface area contributed by atoms with Gasteiger partial charge in [-0.2, -0.15) is 0 Å². The summed E-state index contributed by atoms with van der Waals surface area (Å²) < 4.78 is 0. The molecular weight excluding hydrogens is 338 g/mol. The van der Waals surface area contributed by atoms with Crippen LogP contribution in [0.3, 0.4) is 0 Å². The fourth-order valence-electron chi connectivity index (χ4n) is 2.39. The maximum Gasteiger partial charge on any atom is 0.255 e. The third-order valence-electron chi connectivity index (χ3n) is 3.83. The van der Waals surface area contributed by atoms with E-state index in [1.165, 1.54) is 6.08 Å². The summed E-state index contributed by atoms with van der Waals surface area (Å²) in [6.45, 7) is 0.386. The van der Waals surface area contributed by atoms with Crippen LogP contribution in [0.15, 0.2) is 85.2 Å². The average Bonchev–Trinajstić information content (AvgIpc) is 2.72. The maximum atomic E-state index is 12.2. The number of hydrogen-bond acceptors (Lipinski definition) is 3. The van der Waals surface area contributed by atoms with Crippen molar-refractivity contribution < 1.29 is 9.59 Å². The molecule has 0 fully saturated rings. The molecule has 1 aromatic heterocycles. The van der Waals surface area contributed by atoms with Crippen LogP contribution in [0.5, 0.6) is 0 Å². The molecule has 134 valence electrons. The van der Waals surface area contributed by atoms with Crippen molar-refractivity contribution in [3.8, 4) is 0 Å². The summed E-state index contributed by atoms with van der Waals surface area (Å²) in [5.74, 6) is -0.360. The first-order chi connectivity index (χ1) is 13.2. The van der Waals surface area contributed by atoms with Gasteiger partial charge in [-0.05, 0) is 47.5 Å². The Morgan fingerprint density at radius 2 is 1.70 bits per heavy atom. The van der Waals surface area contributed by atoms with E-state index >= 15 is 0 Å². The summed E-state index contributed by atoms with van der Waals surface area (Å²) in [6, 6.07) is 20.1. The van der Waals surface area contributed by atoms with E-state index in [1.54, 1.807) is 30.6 Å². The lowest BCUT2D eigenvalue weighted by atomic mass is 10.1. The first kappa shape index (κ1) is 18.1. The highest BCUT2D eigenvalue weighted by molar-refractivity contribution is 6.04. The molecule has 5 heteroatoms. The number of pyridine rings is 1. The van der Waals surface area contributed by atoms with Gasteiger partial charge in [-0.15, -0.1) is 0 Å². The lowest BCUT2D eigenvalue weighted by molar-refractivity contribution is -0.116. The topological polar surface area (TPSA) is 71.1 Å². The van der Waals surface area contributed by atoms with Crippen molar-refractivity contribution in [2.24, 2.45) is 0 Å². The van der Waals surface area contributed by atoms with Crippen molar-refractivity contribution in [2.75, 3.05) is 5.32 Å². The minimum Gasteiger partial charge on any atom is -0.348 e. The second kappa shape index (κ2) is 9.10. The normalized spacial score (nSPS) is 10.5. The largest absolute Gasteiger partial charge is 0.348 e. The van der Waals surface area contributed by atoms with E-state index in [2.05, 4.69) is 15.6 Å². The van der Waals surface area contributed by atoms with Crippen LogP contribution in [0.2, 0.25) is 0 Å². The molecule has 0 saturated heterocycles. The molecule has 0 aliphatic carbocycles. The zero-order valence-corrected chi connectivity index (χ0v) is 14.6. The number of anilines is 1. The molecule has 0 spiro atoms. The van der Waals surface area contributed by atoms with Crippen LogP contribution in [0.1, 0.15) is 21.5 Å². The number of para-hydroxylation sites is 1. The number of rotatable bonds is 6. The summed E-state index contributed by atoms with van der Waals surface area (Å²) >= 11 is 0. The quantitative estimate of drug-likeness (QED) is 0.661. The van der Waals surface area contributed by atoms with Crippen LogP contribution in [0, 0.1) is 0 Å². The SMILES string of the molecule is O=C(/C=C/c1cccnc1)NCc1ccc(C(=O)Nc2ccccc2)cc1. The Morgan fingerprint density at radius 3 is 2.41 bits per heavy atom. The minimum atomic E-state index is -0.190. The third kappa shape index (κ3) is 5.64. The molecule has 0 atom stereocenters. The Bertz CT molecular complexity index is 921. The summed E-state index contributed by atoms with van der Waals surface area (Å²) in [5, 5.41) is 5.65. The van der Waals surface area contributed by atoms with E-state index in [1.807, 2.05) is 54.6 Å². The number of amides is 2. The summed E-state index contributed by atoms with van der Waals surface area (Å²) in [6.07, 6.45) is 6.54. The van der Waals surface area contributed by atoms with Crippen LogP contribution in [0.25, 0.3) is 6.08 Å². The zero-order chi connectivity index (χ0) is 18.9. The van der Waals surface area contributed by atoms with Gasteiger partial charge in [0.25, 0.3) is 5.91 Å². The number of benzene rings is 2.